The zero-order valence-corrected chi connectivity index (χ0v) is 13.6. The van der Waals surface area contributed by atoms with Gasteiger partial charge in [0.1, 0.15) is 0 Å². The molecule has 0 radical (unpaired) electrons. The first-order chi connectivity index (χ1) is 11.3. The van der Waals surface area contributed by atoms with Crippen LogP contribution in [0.1, 0.15) is 12.8 Å². The summed E-state index contributed by atoms with van der Waals surface area (Å²) < 4.78 is 0. The zero-order chi connectivity index (χ0) is 15.6. The van der Waals surface area contributed by atoms with Crippen LogP contribution in [0, 0.1) is 17.8 Å². The van der Waals surface area contributed by atoms with Crippen molar-refractivity contribution in [2.75, 3.05) is 5.32 Å². The average molecular weight is 321 g/mol. The number of allylic oxidation sites excluding steroid dienone is 2. The van der Waals surface area contributed by atoms with E-state index in [0.717, 1.165) is 23.4 Å². The van der Waals surface area contributed by atoms with E-state index in [0.29, 0.717) is 11.8 Å². The fraction of sp³-hybridized carbons (Fsp3) is 0.250. The van der Waals surface area contributed by atoms with Gasteiger partial charge in [0.2, 0.25) is 5.91 Å². The summed E-state index contributed by atoms with van der Waals surface area (Å²) in [6.45, 7) is 0. The maximum Gasteiger partial charge on any atom is 0.228 e. The molecule has 0 spiro atoms. The van der Waals surface area contributed by atoms with Crippen LogP contribution in [0.15, 0.2) is 76.5 Å². The number of carbonyl (C=O) groups excluding carboxylic acids is 1. The normalized spacial score (nSPS) is 24.8. The van der Waals surface area contributed by atoms with E-state index in [1.165, 1.54) is 4.90 Å². The highest BCUT2D eigenvalue weighted by molar-refractivity contribution is 7.99. The lowest BCUT2D eigenvalue weighted by molar-refractivity contribution is -0.120. The van der Waals surface area contributed by atoms with Crippen LogP contribution in [0.5, 0.6) is 0 Å². The Morgan fingerprint density at radius 1 is 0.957 bits per heavy atom. The summed E-state index contributed by atoms with van der Waals surface area (Å²) in [5.74, 6) is 1.36. The Hall–Kier alpha value is -2.00. The molecule has 116 valence electrons. The van der Waals surface area contributed by atoms with Gasteiger partial charge >= 0.3 is 0 Å². The first-order valence-electron chi connectivity index (χ1n) is 8.11. The lowest BCUT2D eigenvalue weighted by atomic mass is 9.93. The molecule has 1 amide bonds. The zero-order valence-electron chi connectivity index (χ0n) is 12.8. The van der Waals surface area contributed by atoms with Crippen molar-refractivity contribution in [1.82, 2.24) is 0 Å². The number of carbonyl (C=O) groups is 1. The molecule has 1 fully saturated rings. The minimum Gasteiger partial charge on any atom is -0.325 e. The van der Waals surface area contributed by atoms with E-state index in [2.05, 4.69) is 35.7 Å². The van der Waals surface area contributed by atoms with Crippen LogP contribution < -0.4 is 5.32 Å². The fourth-order valence-electron chi connectivity index (χ4n) is 3.58. The third kappa shape index (κ3) is 3.06. The molecule has 2 nitrogen and oxygen atoms in total. The average Bonchev–Trinajstić information content (AvgIpc) is 3.21. The molecule has 4 rings (SSSR count). The van der Waals surface area contributed by atoms with Gasteiger partial charge in [0.05, 0.1) is 5.69 Å². The second-order valence-corrected chi connectivity index (χ2v) is 7.40. The predicted molar refractivity (Wildman–Crippen MR) is 94.5 cm³/mol. The first-order valence-corrected chi connectivity index (χ1v) is 8.92. The second-order valence-electron chi connectivity index (χ2n) is 6.29. The van der Waals surface area contributed by atoms with E-state index in [1.807, 2.05) is 36.4 Å². The molecule has 2 aliphatic rings. The number of nitrogens with one attached hydrogen (secondary N) is 1. The third-order valence-corrected chi connectivity index (χ3v) is 5.82. The molecule has 2 aromatic rings. The summed E-state index contributed by atoms with van der Waals surface area (Å²) in [5, 5.41) is 3.16. The van der Waals surface area contributed by atoms with E-state index < -0.39 is 0 Å². The van der Waals surface area contributed by atoms with Gasteiger partial charge in [0.15, 0.2) is 0 Å². The summed E-state index contributed by atoms with van der Waals surface area (Å²) >= 11 is 1.69. The Labute approximate surface area is 141 Å². The van der Waals surface area contributed by atoms with Gasteiger partial charge in [-0.15, -0.1) is 0 Å². The molecule has 3 heteroatoms. The molecule has 3 atom stereocenters. The van der Waals surface area contributed by atoms with Crippen molar-refractivity contribution in [1.29, 1.82) is 0 Å². The summed E-state index contributed by atoms with van der Waals surface area (Å²) in [7, 11) is 0. The van der Waals surface area contributed by atoms with Crippen LogP contribution >= 0.6 is 11.8 Å². The van der Waals surface area contributed by atoms with Crippen molar-refractivity contribution in [2.24, 2.45) is 17.8 Å². The second kappa shape index (κ2) is 6.25. The van der Waals surface area contributed by atoms with E-state index in [4.69, 9.17) is 0 Å². The van der Waals surface area contributed by atoms with Crippen molar-refractivity contribution >= 4 is 23.4 Å². The van der Waals surface area contributed by atoms with Crippen LogP contribution in [-0.2, 0) is 4.79 Å². The van der Waals surface area contributed by atoms with Crippen molar-refractivity contribution in [3.63, 3.8) is 0 Å². The van der Waals surface area contributed by atoms with Gasteiger partial charge in [0, 0.05) is 15.7 Å². The van der Waals surface area contributed by atoms with Crippen LogP contribution in [-0.4, -0.2) is 5.91 Å². The minimum atomic E-state index is 0.139. The highest BCUT2D eigenvalue weighted by atomic mass is 32.2. The van der Waals surface area contributed by atoms with E-state index in [-0.39, 0.29) is 11.8 Å². The molecule has 23 heavy (non-hydrogen) atoms. The van der Waals surface area contributed by atoms with Crippen molar-refractivity contribution < 1.29 is 4.79 Å². The smallest absolute Gasteiger partial charge is 0.228 e. The molecule has 1 saturated carbocycles. The topological polar surface area (TPSA) is 29.1 Å². The predicted octanol–water partition coefficient (Wildman–Crippen LogP) is 4.99. The molecule has 2 aliphatic carbocycles. The molecule has 0 aromatic heterocycles. The van der Waals surface area contributed by atoms with Crippen LogP contribution in [0.25, 0.3) is 0 Å². The van der Waals surface area contributed by atoms with Crippen LogP contribution in [0.4, 0.5) is 5.69 Å². The molecular weight excluding hydrogens is 302 g/mol. The van der Waals surface area contributed by atoms with Gasteiger partial charge in [-0.1, -0.05) is 54.2 Å². The van der Waals surface area contributed by atoms with Gasteiger partial charge in [-0.25, -0.2) is 0 Å². The number of hydrogen-bond donors (Lipinski definition) is 1. The molecular formula is C20H19NOS. The Kier molecular flexibility index (Phi) is 3.96. The summed E-state index contributed by atoms with van der Waals surface area (Å²) in [4.78, 5) is 14.9. The number of rotatable bonds is 4. The number of benzene rings is 2. The highest BCUT2D eigenvalue weighted by Crippen LogP contribution is 2.44. The number of anilines is 1. The highest BCUT2D eigenvalue weighted by Gasteiger charge is 2.39. The molecule has 0 heterocycles. The van der Waals surface area contributed by atoms with Crippen LogP contribution in [0.2, 0.25) is 0 Å². The molecule has 2 bridgehead atoms. The Balaban J connectivity index is 1.51. The minimum absolute atomic E-state index is 0.139. The first kappa shape index (κ1) is 14.6. The fourth-order valence-corrected chi connectivity index (χ4v) is 4.50. The summed E-state index contributed by atoms with van der Waals surface area (Å²) in [6.07, 6.45) is 6.65. The van der Waals surface area contributed by atoms with Gasteiger partial charge in [-0.3, -0.25) is 4.79 Å². The van der Waals surface area contributed by atoms with E-state index >= 15 is 0 Å². The summed E-state index contributed by atoms with van der Waals surface area (Å²) in [6, 6.07) is 18.3. The number of amides is 1. The van der Waals surface area contributed by atoms with Crippen molar-refractivity contribution in [3.8, 4) is 0 Å². The van der Waals surface area contributed by atoms with Crippen molar-refractivity contribution in [2.45, 2.75) is 22.6 Å². The number of hydrogen-bond acceptors (Lipinski definition) is 2. The van der Waals surface area contributed by atoms with Crippen LogP contribution in [0.3, 0.4) is 0 Å². The summed E-state index contributed by atoms with van der Waals surface area (Å²) in [5.41, 5.74) is 0.915. The molecule has 2 aromatic carbocycles. The molecule has 0 unspecified atom stereocenters. The Morgan fingerprint density at radius 2 is 1.74 bits per heavy atom. The van der Waals surface area contributed by atoms with Gasteiger partial charge < -0.3 is 5.32 Å². The van der Waals surface area contributed by atoms with Gasteiger partial charge in [-0.05, 0) is 48.9 Å². The standard InChI is InChI=1S/C20H19NOS/c22-20(17-13-14-10-11-15(17)12-14)21-18-8-4-5-9-19(18)23-16-6-2-1-3-7-16/h1-11,14-15,17H,12-13H2,(H,21,22)/t14-,15-,17-/m0/s1. The maximum absolute atomic E-state index is 12.7. The molecule has 0 aliphatic heterocycles. The number of fused-ring (bicyclic) bond motifs is 2. The van der Waals surface area contributed by atoms with Gasteiger partial charge in [0.25, 0.3) is 0 Å². The largest absolute Gasteiger partial charge is 0.325 e. The van der Waals surface area contributed by atoms with E-state index in [1.54, 1.807) is 11.8 Å². The third-order valence-electron chi connectivity index (χ3n) is 4.73. The van der Waals surface area contributed by atoms with E-state index in [9.17, 15) is 4.79 Å². The maximum atomic E-state index is 12.7. The SMILES string of the molecule is O=C(Nc1ccccc1Sc1ccccc1)[C@H]1C[C@H]2C=C[C@H]1C2. The Morgan fingerprint density at radius 3 is 2.48 bits per heavy atom. The lowest BCUT2D eigenvalue weighted by Gasteiger charge is -2.18. The lowest BCUT2D eigenvalue weighted by Crippen LogP contribution is -2.26. The van der Waals surface area contributed by atoms with Gasteiger partial charge in [-0.2, -0.15) is 0 Å². The Bertz CT molecular complexity index is 740. The number of para-hydroxylation sites is 1. The van der Waals surface area contributed by atoms with Crippen molar-refractivity contribution in [3.05, 3.63) is 66.7 Å². The molecule has 1 N–H and O–H groups in total. The molecule has 0 saturated heterocycles. The quantitative estimate of drug-likeness (QED) is 0.804. The monoisotopic (exact) mass is 321 g/mol.